The number of fused-ring (bicyclic) bond motifs is 3. The number of piperidine rings is 2. The van der Waals surface area contributed by atoms with E-state index in [0.717, 1.165) is 36.8 Å². The van der Waals surface area contributed by atoms with Crippen LogP contribution in [0.25, 0.3) is 0 Å². The van der Waals surface area contributed by atoms with Crippen LogP contribution in [0.2, 0.25) is 0 Å². The number of nitrogens with zero attached hydrogens (tertiary/aromatic N) is 5. The molecule has 4 heterocycles. The molecule has 0 aromatic heterocycles. The van der Waals surface area contributed by atoms with Gasteiger partial charge in [-0.05, 0) is 68.4 Å². The van der Waals surface area contributed by atoms with Gasteiger partial charge in [-0.1, -0.05) is 80.9 Å². The van der Waals surface area contributed by atoms with Crippen LogP contribution in [0.3, 0.4) is 0 Å². The van der Waals surface area contributed by atoms with Crippen molar-refractivity contribution in [3.8, 4) is 0 Å². The molecule has 1 N–H and O–H groups in total. The van der Waals surface area contributed by atoms with Gasteiger partial charge in [0.05, 0.1) is 0 Å². The molecule has 55 heavy (non-hydrogen) atoms. The lowest BCUT2D eigenvalue weighted by atomic mass is 9.91. The van der Waals surface area contributed by atoms with Gasteiger partial charge < -0.3 is 29.8 Å². The van der Waals surface area contributed by atoms with Gasteiger partial charge in [-0.15, -0.1) is 0 Å². The van der Waals surface area contributed by atoms with Crippen LogP contribution in [0.5, 0.6) is 0 Å². The van der Waals surface area contributed by atoms with Crippen molar-refractivity contribution in [2.24, 2.45) is 5.92 Å². The molecule has 12 nitrogen and oxygen atoms in total. The molecule has 0 bridgehead atoms. The van der Waals surface area contributed by atoms with Crippen molar-refractivity contribution in [1.29, 1.82) is 0 Å². The lowest BCUT2D eigenvalue weighted by molar-refractivity contribution is -0.160. The lowest BCUT2D eigenvalue weighted by Crippen LogP contribution is -2.64. The number of carbonyl (C=O) groups excluding carboxylic acids is 6. The number of hydrogen-bond donors (Lipinski definition) is 1. The SMILES string of the molecule is CC[C@H](C)[C@H]1C(=O)N2CCCC[C@@H]2C(=O)N2CCCC[C@H]2C(=O)N(C)[C@H](Cc2ccccc2)C(=O)N2CCC[C@H]2C(=O)N[C@H](Cc2ccccc2)C(=O)N1C. The van der Waals surface area contributed by atoms with Crippen LogP contribution < -0.4 is 5.32 Å². The molecular weight excluding hydrogens is 697 g/mol. The van der Waals surface area contributed by atoms with E-state index in [-0.39, 0.29) is 42.4 Å². The molecular formula is C43H58N6O6. The van der Waals surface area contributed by atoms with E-state index >= 15 is 0 Å². The number of amides is 6. The molecule has 4 aliphatic rings. The van der Waals surface area contributed by atoms with Crippen molar-refractivity contribution < 1.29 is 28.8 Å². The van der Waals surface area contributed by atoms with E-state index in [1.807, 2.05) is 74.5 Å². The van der Waals surface area contributed by atoms with Crippen molar-refractivity contribution in [3.63, 3.8) is 0 Å². The number of nitrogens with one attached hydrogen (secondary N) is 1. The van der Waals surface area contributed by atoms with Gasteiger partial charge in [0.25, 0.3) is 0 Å². The molecule has 4 aliphatic heterocycles. The Balaban J connectivity index is 1.45. The van der Waals surface area contributed by atoms with Crippen LogP contribution in [-0.2, 0) is 41.6 Å². The summed E-state index contributed by atoms with van der Waals surface area (Å²) in [7, 11) is 3.25. The van der Waals surface area contributed by atoms with Crippen molar-refractivity contribution in [2.75, 3.05) is 33.7 Å². The second-order valence-corrected chi connectivity index (χ2v) is 16.0. The third kappa shape index (κ3) is 8.58. The molecule has 0 aliphatic carbocycles. The lowest BCUT2D eigenvalue weighted by Gasteiger charge is -2.45. The smallest absolute Gasteiger partial charge is 0.246 e. The Labute approximate surface area is 325 Å². The monoisotopic (exact) mass is 754 g/mol. The maximum atomic E-state index is 14.8. The summed E-state index contributed by atoms with van der Waals surface area (Å²) in [5, 5.41) is 3.03. The zero-order chi connectivity index (χ0) is 39.2. The molecule has 0 saturated carbocycles. The third-order valence-electron chi connectivity index (χ3n) is 12.5. The van der Waals surface area contributed by atoms with E-state index in [0.29, 0.717) is 51.7 Å². The van der Waals surface area contributed by atoms with Gasteiger partial charge in [0.1, 0.15) is 36.3 Å². The maximum Gasteiger partial charge on any atom is 0.246 e. The van der Waals surface area contributed by atoms with Gasteiger partial charge in [0.2, 0.25) is 35.4 Å². The topological polar surface area (TPSA) is 131 Å². The van der Waals surface area contributed by atoms with E-state index in [1.54, 1.807) is 28.8 Å². The molecule has 0 radical (unpaired) electrons. The summed E-state index contributed by atoms with van der Waals surface area (Å²) in [6.07, 6.45) is 5.88. The van der Waals surface area contributed by atoms with Gasteiger partial charge in [-0.2, -0.15) is 0 Å². The number of rotatable bonds is 6. The normalized spacial score (nSPS) is 28.3. The zero-order valence-electron chi connectivity index (χ0n) is 32.9. The summed E-state index contributed by atoms with van der Waals surface area (Å²) >= 11 is 0. The van der Waals surface area contributed by atoms with Crippen molar-refractivity contribution >= 4 is 35.4 Å². The summed E-state index contributed by atoms with van der Waals surface area (Å²) in [5.74, 6) is -2.29. The molecule has 0 unspecified atom stereocenters. The van der Waals surface area contributed by atoms with Gasteiger partial charge >= 0.3 is 0 Å². The fraction of sp³-hybridized carbons (Fsp3) is 0.581. The van der Waals surface area contributed by atoms with Crippen molar-refractivity contribution in [3.05, 3.63) is 71.8 Å². The van der Waals surface area contributed by atoms with E-state index in [1.165, 1.54) is 9.80 Å². The highest BCUT2D eigenvalue weighted by Crippen LogP contribution is 2.30. The highest BCUT2D eigenvalue weighted by molar-refractivity contribution is 5.98. The second kappa shape index (κ2) is 17.8. The highest BCUT2D eigenvalue weighted by atomic mass is 16.2. The minimum Gasteiger partial charge on any atom is -0.342 e. The number of likely N-dealkylation sites (N-methyl/N-ethyl adjacent to an activating group) is 2. The Kier molecular flexibility index (Phi) is 12.9. The van der Waals surface area contributed by atoms with Gasteiger partial charge in [-0.3, -0.25) is 28.8 Å². The summed E-state index contributed by atoms with van der Waals surface area (Å²) in [6.45, 7) is 4.99. The molecule has 7 atom stereocenters. The predicted molar refractivity (Wildman–Crippen MR) is 208 cm³/mol. The summed E-state index contributed by atoms with van der Waals surface area (Å²) in [5.41, 5.74) is 1.70. The van der Waals surface area contributed by atoms with Crippen molar-refractivity contribution in [1.82, 2.24) is 29.8 Å². The van der Waals surface area contributed by atoms with Gasteiger partial charge in [0.15, 0.2) is 0 Å². The van der Waals surface area contributed by atoms with Crippen LogP contribution in [0, 0.1) is 5.92 Å². The fourth-order valence-corrected chi connectivity index (χ4v) is 9.09. The maximum absolute atomic E-state index is 14.8. The quantitative estimate of drug-likeness (QED) is 0.482. The van der Waals surface area contributed by atoms with E-state index in [9.17, 15) is 28.8 Å². The van der Waals surface area contributed by atoms with Crippen molar-refractivity contribution in [2.45, 2.75) is 121 Å². The molecule has 4 saturated heterocycles. The summed E-state index contributed by atoms with van der Waals surface area (Å²) in [6, 6.07) is 13.7. The number of benzene rings is 2. The predicted octanol–water partition coefficient (Wildman–Crippen LogP) is 3.42. The second-order valence-electron chi connectivity index (χ2n) is 16.0. The molecule has 4 fully saturated rings. The molecule has 2 aromatic rings. The minimum absolute atomic E-state index is 0.187. The van der Waals surface area contributed by atoms with E-state index < -0.39 is 48.1 Å². The summed E-state index contributed by atoms with van der Waals surface area (Å²) < 4.78 is 0. The van der Waals surface area contributed by atoms with Gasteiger partial charge in [0, 0.05) is 46.6 Å². The molecule has 12 heteroatoms. The first-order valence-electron chi connectivity index (χ1n) is 20.3. The molecule has 2 aromatic carbocycles. The Bertz CT molecular complexity index is 1710. The van der Waals surface area contributed by atoms with E-state index in [2.05, 4.69) is 5.32 Å². The minimum atomic E-state index is -1.02. The standard InChI is InChI=1S/C43H58N6O6/c1-5-29(2)37-43(55)49-25-15-13-22-35(49)41(53)48-24-14-12-21-34(48)40(52)45(3)36(28-31-19-10-7-11-20-31)42(54)47-26-16-23-33(47)38(50)44-32(39(51)46(37)4)27-30-17-8-6-9-18-30/h6-11,17-20,29,32-37H,5,12-16,21-28H2,1-4H3,(H,44,50)/t29-,32+,33-,34-,35+,36+,37-/m0/s1. The molecule has 6 rings (SSSR count). The van der Waals surface area contributed by atoms with E-state index in [4.69, 9.17) is 0 Å². The van der Waals surface area contributed by atoms with Crippen LogP contribution in [0.4, 0.5) is 0 Å². The van der Waals surface area contributed by atoms with Crippen LogP contribution >= 0.6 is 0 Å². The zero-order valence-corrected chi connectivity index (χ0v) is 32.9. The Morgan fingerprint density at radius 1 is 0.582 bits per heavy atom. The Morgan fingerprint density at radius 2 is 1.09 bits per heavy atom. The average Bonchev–Trinajstić information content (AvgIpc) is 3.72. The Morgan fingerprint density at radius 3 is 1.69 bits per heavy atom. The molecule has 6 amide bonds. The highest BCUT2D eigenvalue weighted by Gasteiger charge is 2.47. The van der Waals surface area contributed by atoms with Crippen LogP contribution in [0.15, 0.2) is 60.7 Å². The first-order valence-corrected chi connectivity index (χ1v) is 20.3. The first-order chi connectivity index (χ1) is 26.5. The molecule has 296 valence electrons. The fourth-order valence-electron chi connectivity index (χ4n) is 9.09. The summed E-state index contributed by atoms with van der Waals surface area (Å²) in [4.78, 5) is 95.9. The van der Waals surface area contributed by atoms with Gasteiger partial charge in [-0.25, -0.2) is 0 Å². The molecule has 0 spiro atoms. The number of carbonyl (C=O) groups is 6. The van der Waals surface area contributed by atoms with Crippen LogP contribution in [0.1, 0.15) is 82.8 Å². The van der Waals surface area contributed by atoms with Crippen LogP contribution in [-0.4, -0.2) is 130 Å². The largest absolute Gasteiger partial charge is 0.342 e. The number of hydrogen-bond acceptors (Lipinski definition) is 6. The Hall–Kier alpha value is -4.74. The first kappa shape index (κ1) is 39.9. The average molecular weight is 755 g/mol. The third-order valence-corrected chi connectivity index (χ3v) is 12.5.